The second-order valence-corrected chi connectivity index (χ2v) is 4.71. The predicted octanol–water partition coefficient (Wildman–Crippen LogP) is 3.49. The molecule has 1 aromatic heterocycles. The van der Waals surface area contributed by atoms with E-state index in [0.29, 0.717) is 11.8 Å². The lowest BCUT2D eigenvalue weighted by atomic mass is 10.2. The largest absolute Gasteiger partial charge is 0.497 e. The number of thiazole rings is 1. The number of aromatic nitrogens is 1. The Labute approximate surface area is 106 Å². The summed E-state index contributed by atoms with van der Waals surface area (Å²) in [6.07, 6.45) is 0. The zero-order valence-corrected chi connectivity index (χ0v) is 11.0. The average molecular weight is 300 g/mol. The normalized spacial score (nSPS) is 10.1. The SMILES string of the molecule is COc1cccc(COc2nc(Br)cs2)c1. The summed E-state index contributed by atoms with van der Waals surface area (Å²) < 4.78 is 11.5. The first-order valence-corrected chi connectivity index (χ1v) is 6.32. The van der Waals surface area contributed by atoms with Crippen molar-refractivity contribution >= 4 is 27.3 Å². The minimum atomic E-state index is 0.497. The smallest absolute Gasteiger partial charge is 0.274 e. The van der Waals surface area contributed by atoms with Gasteiger partial charge in [0.15, 0.2) is 0 Å². The Balaban J connectivity index is 1.99. The third-order valence-corrected chi connectivity index (χ3v) is 3.41. The molecule has 2 aromatic rings. The number of hydrogen-bond acceptors (Lipinski definition) is 4. The molecule has 84 valence electrons. The van der Waals surface area contributed by atoms with E-state index in [1.54, 1.807) is 7.11 Å². The summed E-state index contributed by atoms with van der Waals surface area (Å²) in [6, 6.07) is 7.78. The van der Waals surface area contributed by atoms with Crippen LogP contribution in [0.2, 0.25) is 0 Å². The van der Waals surface area contributed by atoms with Gasteiger partial charge in [-0.2, -0.15) is 4.98 Å². The Morgan fingerprint density at radius 2 is 2.31 bits per heavy atom. The standard InChI is InChI=1S/C11H10BrNO2S/c1-14-9-4-2-3-8(5-9)6-15-11-13-10(12)7-16-11/h2-5,7H,6H2,1H3. The summed E-state index contributed by atoms with van der Waals surface area (Å²) in [4.78, 5) is 4.15. The third-order valence-electron chi connectivity index (χ3n) is 1.95. The summed E-state index contributed by atoms with van der Waals surface area (Å²) in [5.74, 6) is 0.835. The Morgan fingerprint density at radius 3 is 3.00 bits per heavy atom. The van der Waals surface area contributed by atoms with Gasteiger partial charge in [-0.1, -0.05) is 23.5 Å². The topological polar surface area (TPSA) is 31.4 Å². The van der Waals surface area contributed by atoms with Gasteiger partial charge in [0.05, 0.1) is 7.11 Å². The van der Waals surface area contributed by atoms with Crippen LogP contribution in [-0.4, -0.2) is 12.1 Å². The molecule has 0 fully saturated rings. The first-order chi connectivity index (χ1) is 7.78. The zero-order valence-electron chi connectivity index (χ0n) is 8.64. The number of ether oxygens (including phenoxy) is 2. The number of halogens is 1. The second-order valence-electron chi connectivity index (χ2n) is 3.08. The first kappa shape index (κ1) is 11.4. The van der Waals surface area contributed by atoms with Crippen molar-refractivity contribution in [1.82, 2.24) is 4.98 Å². The molecular formula is C11H10BrNO2S. The van der Waals surface area contributed by atoms with E-state index in [0.717, 1.165) is 15.9 Å². The molecule has 1 aromatic carbocycles. The summed E-state index contributed by atoms with van der Waals surface area (Å²) >= 11 is 4.75. The van der Waals surface area contributed by atoms with Crippen LogP contribution in [0.25, 0.3) is 0 Å². The van der Waals surface area contributed by atoms with Crippen LogP contribution in [-0.2, 0) is 6.61 Å². The van der Waals surface area contributed by atoms with Crippen LogP contribution >= 0.6 is 27.3 Å². The Kier molecular flexibility index (Phi) is 3.79. The van der Waals surface area contributed by atoms with Gasteiger partial charge in [0.25, 0.3) is 5.19 Å². The number of rotatable bonds is 4. The highest BCUT2D eigenvalue weighted by molar-refractivity contribution is 9.10. The molecule has 0 bridgehead atoms. The Morgan fingerprint density at radius 1 is 1.44 bits per heavy atom. The first-order valence-electron chi connectivity index (χ1n) is 4.64. The lowest BCUT2D eigenvalue weighted by molar-refractivity contribution is 0.303. The molecule has 0 aliphatic carbocycles. The number of methoxy groups -OCH3 is 1. The van der Waals surface area contributed by atoms with E-state index in [9.17, 15) is 0 Å². The summed E-state index contributed by atoms with van der Waals surface area (Å²) in [6.45, 7) is 0.497. The van der Waals surface area contributed by atoms with Gasteiger partial charge in [-0.05, 0) is 33.6 Å². The maximum Gasteiger partial charge on any atom is 0.274 e. The Hall–Kier alpha value is -1.07. The summed E-state index contributed by atoms with van der Waals surface area (Å²) in [7, 11) is 1.65. The molecule has 0 amide bonds. The molecule has 0 radical (unpaired) electrons. The minimum absolute atomic E-state index is 0.497. The van der Waals surface area contributed by atoms with E-state index in [4.69, 9.17) is 9.47 Å². The van der Waals surface area contributed by atoms with Gasteiger partial charge >= 0.3 is 0 Å². The van der Waals surface area contributed by atoms with E-state index in [-0.39, 0.29) is 0 Å². The van der Waals surface area contributed by atoms with Gasteiger partial charge in [-0.3, -0.25) is 0 Å². The van der Waals surface area contributed by atoms with Crippen LogP contribution in [0.1, 0.15) is 5.56 Å². The maximum absolute atomic E-state index is 5.53. The zero-order chi connectivity index (χ0) is 11.4. The van der Waals surface area contributed by atoms with Crippen molar-refractivity contribution in [2.75, 3.05) is 7.11 Å². The van der Waals surface area contributed by atoms with Gasteiger partial charge < -0.3 is 9.47 Å². The fourth-order valence-corrected chi connectivity index (χ4v) is 2.30. The summed E-state index contributed by atoms with van der Waals surface area (Å²) in [5, 5.41) is 2.55. The lowest BCUT2D eigenvalue weighted by Crippen LogP contribution is -1.95. The second kappa shape index (κ2) is 5.32. The van der Waals surface area contributed by atoms with E-state index >= 15 is 0 Å². The lowest BCUT2D eigenvalue weighted by Gasteiger charge is -2.04. The molecule has 0 saturated heterocycles. The monoisotopic (exact) mass is 299 g/mol. The molecular weight excluding hydrogens is 290 g/mol. The summed E-state index contributed by atoms with van der Waals surface area (Å²) in [5.41, 5.74) is 1.06. The van der Waals surface area contributed by atoms with Crippen LogP contribution in [0.15, 0.2) is 34.2 Å². The van der Waals surface area contributed by atoms with Crippen molar-refractivity contribution in [2.45, 2.75) is 6.61 Å². The van der Waals surface area contributed by atoms with Crippen molar-refractivity contribution in [3.8, 4) is 10.9 Å². The molecule has 5 heteroatoms. The Bertz CT molecular complexity index is 473. The van der Waals surface area contributed by atoms with E-state index in [2.05, 4.69) is 20.9 Å². The van der Waals surface area contributed by atoms with Gasteiger partial charge in [0.1, 0.15) is 17.0 Å². The van der Waals surface area contributed by atoms with E-state index in [1.165, 1.54) is 11.3 Å². The van der Waals surface area contributed by atoms with Crippen LogP contribution in [0.4, 0.5) is 0 Å². The van der Waals surface area contributed by atoms with Crippen LogP contribution in [0.5, 0.6) is 10.9 Å². The van der Waals surface area contributed by atoms with Crippen molar-refractivity contribution < 1.29 is 9.47 Å². The van der Waals surface area contributed by atoms with Crippen molar-refractivity contribution in [3.05, 3.63) is 39.8 Å². The molecule has 0 spiro atoms. The van der Waals surface area contributed by atoms with Gasteiger partial charge in [-0.15, -0.1) is 0 Å². The molecule has 0 unspecified atom stereocenters. The molecule has 3 nitrogen and oxygen atoms in total. The van der Waals surface area contributed by atoms with Crippen molar-refractivity contribution in [2.24, 2.45) is 0 Å². The number of benzene rings is 1. The molecule has 0 atom stereocenters. The highest BCUT2D eigenvalue weighted by Gasteiger charge is 2.01. The quantitative estimate of drug-likeness (QED) is 0.866. The van der Waals surface area contributed by atoms with Gasteiger partial charge in [-0.25, -0.2) is 0 Å². The predicted molar refractivity (Wildman–Crippen MR) is 67.1 cm³/mol. The molecule has 1 heterocycles. The van der Waals surface area contributed by atoms with Crippen LogP contribution in [0.3, 0.4) is 0 Å². The fourth-order valence-electron chi connectivity index (χ4n) is 1.21. The van der Waals surface area contributed by atoms with Crippen LogP contribution in [0, 0.1) is 0 Å². The molecule has 0 aliphatic rings. The van der Waals surface area contributed by atoms with Crippen molar-refractivity contribution in [3.63, 3.8) is 0 Å². The van der Waals surface area contributed by atoms with Crippen molar-refractivity contribution in [1.29, 1.82) is 0 Å². The maximum atomic E-state index is 5.53. The molecule has 0 aliphatic heterocycles. The van der Waals surface area contributed by atoms with E-state index < -0.39 is 0 Å². The highest BCUT2D eigenvalue weighted by Crippen LogP contribution is 2.23. The van der Waals surface area contributed by atoms with Gasteiger partial charge in [0.2, 0.25) is 0 Å². The average Bonchev–Trinajstić information content (AvgIpc) is 2.73. The number of hydrogen-bond donors (Lipinski definition) is 0. The highest BCUT2D eigenvalue weighted by atomic mass is 79.9. The van der Waals surface area contributed by atoms with Crippen LogP contribution < -0.4 is 9.47 Å². The van der Waals surface area contributed by atoms with E-state index in [1.807, 2.05) is 29.6 Å². The molecule has 0 N–H and O–H groups in total. The molecule has 2 rings (SSSR count). The fraction of sp³-hybridized carbons (Fsp3) is 0.182. The molecule has 0 saturated carbocycles. The number of nitrogens with zero attached hydrogens (tertiary/aromatic N) is 1. The molecule has 16 heavy (non-hydrogen) atoms. The third kappa shape index (κ3) is 2.96. The minimum Gasteiger partial charge on any atom is -0.497 e. The van der Waals surface area contributed by atoms with Gasteiger partial charge in [0, 0.05) is 5.38 Å².